The standard InChI is InChI=1S/C28H34N6O/c1-21(20-35-25-9-7-6-8-10-25)34-27(17-13-22-11-15-24(16-12-22)32(2)3)30-28(31-34)23-14-18-26(29-19-23)33(4)5/h6-12,14-16,18-19,21H,13,17,20H2,1-5H3. The van der Waals surface area contributed by atoms with E-state index in [1.807, 2.05) is 72.3 Å². The number of rotatable bonds is 10. The minimum Gasteiger partial charge on any atom is -0.491 e. The first-order valence-corrected chi connectivity index (χ1v) is 11.9. The van der Waals surface area contributed by atoms with E-state index in [1.54, 1.807) is 0 Å². The van der Waals surface area contributed by atoms with Crippen LogP contribution in [0.25, 0.3) is 11.4 Å². The molecule has 2 aromatic carbocycles. The van der Waals surface area contributed by atoms with Crippen LogP contribution >= 0.6 is 0 Å². The quantitative estimate of drug-likeness (QED) is 0.329. The molecule has 0 radical (unpaired) electrons. The smallest absolute Gasteiger partial charge is 0.182 e. The van der Waals surface area contributed by atoms with Gasteiger partial charge in [0.05, 0.1) is 6.04 Å². The lowest BCUT2D eigenvalue weighted by atomic mass is 10.1. The number of hydrogen-bond acceptors (Lipinski definition) is 6. The van der Waals surface area contributed by atoms with E-state index < -0.39 is 0 Å². The minimum absolute atomic E-state index is 0.0246. The molecular weight excluding hydrogens is 436 g/mol. The zero-order chi connectivity index (χ0) is 24.8. The van der Waals surface area contributed by atoms with Crippen molar-refractivity contribution in [1.82, 2.24) is 19.7 Å². The van der Waals surface area contributed by atoms with E-state index in [0.29, 0.717) is 12.4 Å². The highest BCUT2D eigenvalue weighted by molar-refractivity contribution is 5.56. The number of ether oxygens (including phenoxy) is 1. The second-order valence-electron chi connectivity index (χ2n) is 9.13. The summed E-state index contributed by atoms with van der Waals surface area (Å²) in [4.78, 5) is 13.6. The highest BCUT2D eigenvalue weighted by Crippen LogP contribution is 2.22. The summed E-state index contributed by atoms with van der Waals surface area (Å²) in [6.45, 7) is 2.62. The van der Waals surface area contributed by atoms with Gasteiger partial charge in [0.25, 0.3) is 0 Å². The lowest BCUT2D eigenvalue weighted by Crippen LogP contribution is -2.18. The fraction of sp³-hybridized carbons (Fsp3) is 0.321. The van der Waals surface area contributed by atoms with Crippen LogP contribution in [0.1, 0.15) is 24.4 Å². The molecule has 0 saturated heterocycles. The highest BCUT2D eigenvalue weighted by atomic mass is 16.5. The maximum absolute atomic E-state index is 6.02. The van der Waals surface area contributed by atoms with Crippen LogP contribution in [0.4, 0.5) is 11.5 Å². The highest BCUT2D eigenvalue weighted by Gasteiger charge is 2.18. The van der Waals surface area contributed by atoms with Crippen molar-refractivity contribution < 1.29 is 4.74 Å². The third-order valence-corrected chi connectivity index (χ3v) is 5.91. The molecule has 0 aliphatic rings. The summed E-state index contributed by atoms with van der Waals surface area (Å²) in [6.07, 6.45) is 3.51. The Kier molecular flexibility index (Phi) is 7.65. The van der Waals surface area contributed by atoms with Gasteiger partial charge in [0.15, 0.2) is 5.82 Å². The lowest BCUT2D eigenvalue weighted by molar-refractivity contribution is 0.247. The van der Waals surface area contributed by atoms with E-state index in [4.69, 9.17) is 14.8 Å². The van der Waals surface area contributed by atoms with Gasteiger partial charge in [0.2, 0.25) is 0 Å². The Morgan fingerprint density at radius 1 is 0.857 bits per heavy atom. The number of anilines is 2. The first-order chi connectivity index (χ1) is 16.9. The van der Waals surface area contributed by atoms with Gasteiger partial charge in [-0.25, -0.2) is 14.6 Å². The van der Waals surface area contributed by atoms with Crippen molar-refractivity contribution in [1.29, 1.82) is 0 Å². The van der Waals surface area contributed by atoms with E-state index in [1.165, 1.54) is 11.3 Å². The normalized spacial score (nSPS) is 11.8. The van der Waals surface area contributed by atoms with Crippen LogP contribution in [-0.4, -0.2) is 54.5 Å². The third-order valence-electron chi connectivity index (χ3n) is 5.91. The number of aryl methyl sites for hydroxylation is 2. The molecule has 0 spiro atoms. The van der Waals surface area contributed by atoms with E-state index in [2.05, 4.69) is 55.2 Å². The monoisotopic (exact) mass is 470 g/mol. The Hall–Kier alpha value is -3.87. The minimum atomic E-state index is 0.0246. The van der Waals surface area contributed by atoms with Gasteiger partial charge in [0.1, 0.15) is 24.0 Å². The maximum Gasteiger partial charge on any atom is 0.182 e. The molecule has 0 saturated carbocycles. The van der Waals surface area contributed by atoms with Gasteiger partial charge in [-0.1, -0.05) is 30.3 Å². The largest absolute Gasteiger partial charge is 0.491 e. The number of hydrogen-bond donors (Lipinski definition) is 0. The molecule has 1 unspecified atom stereocenters. The number of aromatic nitrogens is 4. The summed E-state index contributed by atoms with van der Waals surface area (Å²) in [5.41, 5.74) is 3.37. The molecule has 4 aromatic rings. The van der Waals surface area contributed by atoms with Crippen molar-refractivity contribution in [3.05, 3.63) is 84.3 Å². The van der Waals surface area contributed by atoms with Crippen LogP contribution < -0.4 is 14.5 Å². The molecule has 7 nitrogen and oxygen atoms in total. The number of pyridine rings is 1. The van der Waals surface area contributed by atoms with Crippen LogP contribution in [-0.2, 0) is 12.8 Å². The average molecular weight is 471 g/mol. The van der Waals surface area contributed by atoms with Crippen molar-refractivity contribution in [2.45, 2.75) is 25.8 Å². The van der Waals surface area contributed by atoms with Crippen molar-refractivity contribution in [3.63, 3.8) is 0 Å². The van der Waals surface area contributed by atoms with Gasteiger partial charge in [-0.15, -0.1) is 0 Å². The van der Waals surface area contributed by atoms with Gasteiger partial charge in [0, 0.05) is 52.1 Å². The van der Waals surface area contributed by atoms with Crippen molar-refractivity contribution in [2.75, 3.05) is 44.6 Å². The zero-order valence-corrected chi connectivity index (χ0v) is 21.2. The molecule has 0 aliphatic carbocycles. The van der Waals surface area contributed by atoms with Gasteiger partial charge in [-0.2, -0.15) is 5.10 Å². The van der Waals surface area contributed by atoms with Gasteiger partial charge in [-0.3, -0.25) is 0 Å². The summed E-state index contributed by atoms with van der Waals surface area (Å²) < 4.78 is 8.03. The predicted molar refractivity (Wildman–Crippen MR) is 142 cm³/mol. The molecule has 182 valence electrons. The topological polar surface area (TPSA) is 59.3 Å². The summed E-state index contributed by atoms with van der Waals surface area (Å²) in [5.74, 6) is 3.38. The SMILES string of the molecule is CC(COc1ccccc1)n1nc(-c2ccc(N(C)C)nc2)nc1CCc1ccc(N(C)C)cc1. The van der Waals surface area contributed by atoms with Crippen LogP contribution in [0.15, 0.2) is 72.9 Å². The molecule has 0 fully saturated rings. The van der Waals surface area contributed by atoms with E-state index in [9.17, 15) is 0 Å². The zero-order valence-electron chi connectivity index (χ0n) is 21.2. The molecule has 7 heteroatoms. The number of nitrogens with zero attached hydrogens (tertiary/aromatic N) is 6. The average Bonchev–Trinajstić information content (AvgIpc) is 3.31. The third kappa shape index (κ3) is 6.18. The van der Waals surface area contributed by atoms with Crippen LogP contribution in [0.5, 0.6) is 5.75 Å². The summed E-state index contributed by atoms with van der Waals surface area (Å²) >= 11 is 0. The van der Waals surface area contributed by atoms with Crippen molar-refractivity contribution in [2.24, 2.45) is 0 Å². The Labute approximate surface area is 208 Å². The van der Waals surface area contributed by atoms with Gasteiger partial charge >= 0.3 is 0 Å². The Morgan fingerprint density at radius 2 is 1.60 bits per heavy atom. The lowest BCUT2D eigenvalue weighted by Gasteiger charge is -2.16. The fourth-order valence-corrected chi connectivity index (χ4v) is 3.81. The number of para-hydroxylation sites is 1. The summed E-state index contributed by atoms with van der Waals surface area (Å²) in [6, 6.07) is 22.6. The molecule has 4 rings (SSSR count). The summed E-state index contributed by atoms with van der Waals surface area (Å²) in [5, 5.41) is 4.88. The Morgan fingerprint density at radius 3 is 2.23 bits per heavy atom. The van der Waals surface area contributed by atoms with Gasteiger partial charge in [-0.05, 0) is 55.3 Å². The molecule has 35 heavy (non-hydrogen) atoms. The van der Waals surface area contributed by atoms with Crippen LogP contribution in [0.3, 0.4) is 0 Å². The molecule has 2 aromatic heterocycles. The van der Waals surface area contributed by atoms with E-state index in [0.717, 1.165) is 35.8 Å². The molecular formula is C28H34N6O. The predicted octanol–water partition coefficient (Wildman–Crippen LogP) is 4.90. The summed E-state index contributed by atoms with van der Waals surface area (Å²) in [7, 11) is 8.06. The number of benzene rings is 2. The molecule has 0 aliphatic heterocycles. The van der Waals surface area contributed by atoms with E-state index in [-0.39, 0.29) is 6.04 Å². The Bertz CT molecular complexity index is 1200. The fourth-order valence-electron chi connectivity index (χ4n) is 3.81. The van der Waals surface area contributed by atoms with Crippen molar-refractivity contribution >= 4 is 11.5 Å². The van der Waals surface area contributed by atoms with E-state index >= 15 is 0 Å². The van der Waals surface area contributed by atoms with Crippen LogP contribution in [0, 0.1) is 0 Å². The second kappa shape index (κ2) is 11.0. The van der Waals surface area contributed by atoms with Crippen LogP contribution in [0.2, 0.25) is 0 Å². The second-order valence-corrected chi connectivity index (χ2v) is 9.13. The molecule has 0 bridgehead atoms. The van der Waals surface area contributed by atoms with Crippen molar-refractivity contribution in [3.8, 4) is 17.1 Å². The first-order valence-electron chi connectivity index (χ1n) is 11.9. The van der Waals surface area contributed by atoms with Gasteiger partial charge < -0.3 is 14.5 Å². The molecule has 0 N–H and O–H groups in total. The molecule has 0 amide bonds. The first kappa shape index (κ1) is 24.3. The molecule has 2 heterocycles. The molecule has 1 atom stereocenters. The Balaban J connectivity index is 1.55. The maximum atomic E-state index is 6.02.